The molecule has 1 rings (SSSR count). The monoisotopic (exact) mass is 353 g/mol. The molecule has 0 bridgehead atoms. The van der Waals surface area contributed by atoms with E-state index in [-0.39, 0.29) is 0 Å². The number of ether oxygens (including phenoxy) is 1. The van der Waals surface area contributed by atoms with Gasteiger partial charge in [0.2, 0.25) is 0 Å². The normalized spacial score (nSPS) is 12.6. The van der Waals surface area contributed by atoms with Crippen molar-refractivity contribution >= 4 is 15.9 Å². The summed E-state index contributed by atoms with van der Waals surface area (Å²) in [6, 6.07) is 0.313. The number of rotatable bonds is 3. The SMILES string of the molecule is OCc1cc(C(F)(F)F)nc(CBr)c1OC(F)(F)F. The largest absolute Gasteiger partial charge is 0.573 e. The fourth-order valence-corrected chi connectivity index (χ4v) is 1.62. The highest BCUT2D eigenvalue weighted by Gasteiger charge is 2.37. The van der Waals surface area contributed by atoms with E-state index >= 15 is 0 Å². The first-order valence-corrected chi connectivity index (χ1v) is 5.73. The zero-order chi connectivity index (χ0) is 14.8. The lowest BCUT2D eigenvalue weighted by Gasteiger charge is -2.17. The van der Waals surface area contributed by atoms with E-state index in [0.717, 1.165) is 0 Å². The summed E-state index contributed by atoms with van der Waals surface area (Å²) < 4.78 is 77.4. The Hall–Kier alpha value is -1.03. The molecule has 1 aromatic heterocycles. The van der Waals surface area contributed by atoms with E-state index in [4.69, 9.17) is 5.11 Å². The fourth-order valence-electron chi connectivity index (χ4n) is 1.24. The van der Waals surface area contributed by atoms with Crippen molar-refractivity contribution in [3.05, 3.63) is 23.0 Å². The molecule has 19 heavy (non-hydrogen) atoms. The molecule has 0 amide bonds. The molecule has 0 aromatic carbocycles. The molecule has 1 N–H and O–H groups in total. The first-order chi connectivity index (χ1) is 8.58. The molecule has 0 atom stereocenters. The van der Waals surface area contributed by atoms with Crippen molar-refractivity contribution < 1.29 is 36.2 Å². The Morgan fingerprint density at radius 3 is 2.16 bits per heavy atom. The van der Waals surface area contributed by atoms with Crippen LogP contribution in [0, 0.1) is 0 Å². The van der Waals surface area contributed by atoms with E-state index in [1.165, 1.54) is 0 Å². The molecule has 0 saturated carbocycles. The number of halogens is 7. The van der Waals surface area contributed by atoms with Crippen LogP contribution in [-0.4, -0.2) is 16.5 Å². The van der Waals surface area contributed by atoms with Crippen LogP contribution in [0.5, 0.6) is 5.75 Å². The maximum atomic E-state index is 12.5. The van der Waals surface area contributed by atoms with Crippen LogP contribution in [0.2, 0.25) is 0 Å². The van der Waals surface area contributed by atoms with Gasteiger partial charge in [0, 0.05) is 10.9 Å². The number of hydrogen-bond acceptors (Lipinski definition) is 3. The Kier molecular flexibility index (Phi) is 4.67. The molecule has 0 saturated heterocycles. The molecule has 10 heteroatoms. The second-order valence-electron chi connectivity index (χ2n) is 3.28. The number of pyridine rings is 1. The van der Waals surface area contributed by atoms with Gasteiger partial charge >= 0.3 is 12.5 Å². The lowest BCUT2D eigenvalue weighted by Crippen LogP contribution is -2.21. The first-order valence-electron chi connectivity index (χ1n) is 4.61. The number of aliphatic hydroxyl groups is 1. The zero-order valence-electron chi connectivity index (χ0n) is 8.94. The minimum absolute atomic E-state index is 0.313. The van der Waals surface area contributed by atoms with Gasteiger partial charge in [-0.1, -0.05) is 15.9 Å². The van der Waals surface area contributed by atoms with Crippen LogP contribution in [0.4, 0.5) is 26.3 Å². The highest BCUT2D eigenvalue weighted by atomic mass is 79.9. The van der Waals surface area contributed by atoms with E-state index in [9.17, 15) is 26.3 Å². The van der Waals surface area contributed by atoms with E-state index in [2.05, 4.69) is 25.7 Å². The van der Waals surface area contributed by atoms with Crippen LogP contribution < -0.4 is 4.74 Å². The Balaban J connectivity index is 3.38. The van der Waals surface area contributed by atoms with Gasteiger partial charge in [-0.25, -0.2) is 4.98 Å². The van der Waals surface area contributed by atoms with Gasteiger partial charge in [0.25, 0.3) is 0 Å². The molecular weight excluding hydrogens is 348 g/mol. The minimum atomic E-state index is -5.09. The average molecular weight is 354 g/mol. The molecule has 3 nitrogen and oxygen atoms in total. The fraction of sp³-hybridized carbons (Fsp3) is 0.444. The van der Waals surface area contributed by atoms with Gasteiger partial charge in [-0.2, -0.15) is 13.2 Å². The van der Waals surface area contributed by atoms with Gasteiger partial charge in [0.05, 0.1) is 12.3 Å². The van der Waals surface area contributed by atoms with Crippen molar-refractivity contribution in [1.82, 2.24) is 4.98 Å². The summed E-state index contributed by atoms with van der Waals surface area (Å²) in [5.74, 6) is -0.931. The summed E-state index contributed by atoms with van der Waals surface area (Å²) in [5.41, 5.74) is -2.65. The lowest BCUT2D eigenvalue weighted by molar-refractivity contribution is -0.275. The third-order valence-corrected chi connectivity index (χ3v) is 2.46. The maximum Gasteiger partial charge on any atom is 0.573 e. The third-order valence-electron chi connectivity index (χ3n) is 1.93. The van der Waals surface area contributed by atoms with Crippen LogP contribution in [0.25, 0.3) is 0 Å². The van der Waals surface area contributed by atoms with Gasteiger partial charge in [0.1, 0.15) is 5.69 Å². The molecule has 108 valence electrons. The molecule has 0 fully saturated rings. The van der Waals surface area contributed by atoms with E-state index in [1.54, 1.807) is 0 Å². The molecule has 0 spiro atoms. The van der Waals surface area contributed by atoms with Crippen LogP contribution >= 0.6 is 15.9 Å². The molecule has 0 aliphatic heterocycles. The number of aliphatic hydroxyl groups excluding tert-OH is 1. The Morgan fingerprint density at radius 1 is 1.21 bits per heavy atom. The summed E-state index contributed by atoms with van der Waals surface area (Å²) >= 11 is 2.72. The van der Waals surface area contributed by atoms with Gasteiger partial charge < -0.3 is 9.84 Å². The maximum absolute atomic E-state index is 12.5. The predicted molar refractivity (Wildman–Crippen MR) is 54.5 cm³/mol. The van der Waals surface area contributed by atoms with Crippen LogP contribution in [0.15, 0.2) is 6.07 Å². The Bertz CT molecular complexity index is 434. The average Bonchev–Trinajstić information content (AvgIpc) is 2.25. The van der Waals surface area contributed by atoms with Gasteiger partial charge in [-0.05, 0) is 6.07 Å². The Morgan fingerprint density at radius 2 is 1.79 bits per heavy atom. The Labute approximate surface area is 111 Å². The zero-order valence-corrected chi connectivity index (χ0v) is 10.5. The van der Waals surface area contributed by atoms with Crippen molar-refractivity contribution in [3.8, 4) is 5.75 Å². The second kappa shape index (κ2) is 5.53. The van der Waals surface area contributed by atoms with Crippen molar-refractivity contribution in [2.24, 2.45) is 0 Å². The number of aromatic nitrogens is 1. The van der Waals surface area contributed by atoms with Crippen molar-refractivity contribution in [2.45, 2.75) is 24.5 Å². The summed E-state index contributed by atoms with van der Waals surface area (Å²) in [6.45, 7) is -1.04. The topological polar surface area (TPSA) is 42.4 Å². The molecule has 1 heterocycles. The smallest absolute Gasteiger partial charge is 0.403 e. The minimum Gasteiger partial charge on any atom is -0.403 e. The number of nitrogens with zero attached hydrogens (tertiary/aromatic N) is 1. The van der Waals surface area contributed by atoms with Crippen molar-refractivity contribution in [2.75, 3.05) is 0 Å². The predicted octanol–water partition coefficient (Wildman–Crippen LogP) is 3.39. The quantitative estimate of drug-likeness (QED) is 0.669. The highest BCUT2D eigenvalue weighted by Crippen LogP contribution is 2.35. The summed E-state index contributed by atoms with van der Waals surface area (Å²) in [7, 11) is 0. The third kappa shape index (κ3) is 4.23. The van der Waals surface area contributed by atoms with Gasteiger partial charge in [0.15, 0.2) is 5.75 Å². The molecule has 0 unspecified atom stereocenters. The van der Waals surface area contributed by atoms with Crippen LogP contribution in [0.1, 0.15) is 17.0 Å². The van der Waals surface area contributed by atoms with E-state index < -0.39 is 47.2 Å². The van der Waals surface area contributed by atoms with Crippen molar-refractivity contribution in [1.29, 1.82) is 0 Å². The van der Waals surface area contributed by atoms with Crippen LogP contribution in [0.3, 0.4) is 0 Å². The van der Waals surface area contributed by atoms with E-state index in [0.29, 0.717) is 6.07 Å². The highest BCUT2D eigenvalue weighted by molar-refractivity contribution is 9.08. The molecule has 0 aliphatic carbocycles. The van der Waals surface area contributed by atoms with E-state index in [1.807, 2.05) is 0 Å². The van der Waals surface area contributed by atoms with Crippen LogP contribution in [-0.2, 0) is 18.1 Å². The molecule has 1 aromatic rings. The van der Waals surface area contributed by atoms with Gasteiger partial charge in [-0.3, -0.25) is 0 Å². The number of alkyl halides is 7. The molecular formula is C9H6BrF6NO2. The summed E-state index contributed by atoms with van der Waals surface area (Å²) in [6.07, 6.45) is -9.93. The first kappa shape index (κ1) is 16.0. The number of hydrogen-bond donors (Lipinski definition) is 1. The summed E-state index contributed by atoms with van der Waals surface area (Å²) in [4.78, 5) is 3.05. The molecule has 0 aliphatic rings. The summed E-state index contributed by atoms with van der Waals surface area (Å²) in [5, 5.41) is 8.47. The standard InChI is InChI=1S/C9H6BrF6NO2/c10-2-5-7(19-9(14,15)16)4(3-18)1-6(17-5)8(11,12)13/h1,18H,2-3H2. The lowest BCUT2D eigenvalue weighted by atomic mass is 10.1. The van der Waals surface area contributed by atoms with Gasteiger partial charge in [-0.15, -0.1) is 13.2 Å². The molecule has 0 radical (unpaired) electrons. The second-order valence-corrected chi connectivity index (χ2v) is 3.84. The van der Waals surface area contributed by atoms with Crippen molar-refractivity contribution in [3.63, 3.8) is 0 Å².